The Morgan fingerprint density at radius 3 is 2.97 bits per heavy atom. The van der Waals surface area contributed by atoms with Crippen LogP contribution in [0.2, 0.25) is 0 Å². The third-order valence-corrected chi connectivity index (χ3v) is 5.81. The van der Waals surface area contributed by atoms with Gasteiger partial charge in [-0.25, -0.2) is 9.97 Å². The molecule has 1 aliphatic heterocycles. The maximum Gasteiger partial charge on any atom is 0.212 e. The fourth-order valence-electron chi connectivity index (χ4n) is 4.20. The van der Waals surface area contributed by atoms with Crippen molar-refractivity contribution < 1.29 is 9.47 Å². The van der Waals surface area contributed by atoms with Crippen LogP contribution in [-0.2, 0) is 4.74 Å². The summed E-state index contributed by atoms with van der Waals surface area (Å²) in [5, 5.41) is 10.6. The molecule has 0 aromatic carbocycles. The van der Waals surface area contributed by atoms with E-state index in [0.717, 1.165) is 47.0 Å². The minimum absolute atomic E-state index is 0.0432. The fraction of sp³-hybridized carbons (Fsp3) is 0.348. The lowest BCUT2D eigenvalue weighted by Crippen LogP contribution is -2.44. The van der Waals surface area contributed by atoms with Gasteiger partial charge in [-0.3, -0.25) is 5.10 Å². The summed E-state index contributed by atoms with van der Waals surface area (Å²) in [6.07, 6.45) is 8.81. The molecule has 2 N–H and O–H groups in total. The monoisotopic (exact) mass is 418 g/mol. The Bertz CT molecular complexity index is 1060. The molecule has 1 fully saturated rings. The Hall–Kier alpha value is -3.39. The van der Waals surface area contributed by atoms with E-state index in [9.17, 15) is 0 Å². The number of pyridine rings is 2. The summed E-state index contributed by atoms with van der Waals surface area (Å²) in [6.45, 7) is 4.41. The lowest BCUT2D eigenvalue weighted by Gasteiger charge is -2.36. The summed E-state index contributed by atoms with van der Waals surface area (Å²) in [4.78, 5) is 11.9. The molecule has 0 bridgehead atoms. The van der Waals surface area contributed by atoms with Crippen molar-refractivity contribution in [2.24, 2.45) is 0 Å². The summed E-state index contributed by atoms with van der Waals surface area (Å²) in [5.41, 5.74) is 4.29. The molecule has 1 unspecified atom stereocenters. The van der Waals surface area contributed by atoms with Crippen LogP contribution >= 0.6 is 0 Å². The van der Waals surface area contributed by atoms with Crippen LogP contribution in [0.15, 0.2) is 42.7 Å². The molecule has 3 aromatic rings. The highest BCUT2D eigenvalue weighted by Gasteiger charge is 2.27. The molecule has 2 aliphatic rings. The SMILES string of the molecule is COc1ccc(-c2cc(N3CCOC[C@H]3C)nc3c2C=CCC3Nc2ccn[nH]2)cn1. The van der Waals surface area contributed by atoms with Gasteiger partial charge in [-0.15, -0.1) is 0 Å². The lowest BCUT2D eigenvalue weighted by atomic mass is 9.91. The Balaban J connectivity index is 1.62. The predicted molar refractivity (Wildman–Crippen MR) is 120 cm³/mol. The normalized spacial score (nSPS) is 20.4. The molecular formula is C23H26N6O2. The predicted octanol–water partition coefficient (Wildman–Crippen LogP) is 3.67. The molecule has 31 heavy (non-hydrogen) atoms. The number of morpholine rings is 1. The maximum atomic E-state index is 5.65. The van der Waals surface area contributed by atoms with Crippen LogP contribution < -0.4 is 15.0 Å². The molecule has 0 spiro atoms. The summed E-state index contributed by atoms with van der Waals surface area (Å²) in [6, 6.07) is 8.36. The number of nitrogens with zero attached hydrogens (tertiary/aromatic N) is 4. The second kappa shape index (κ2) is 8.39. The number of methoxy groups -OCH3 is 1. The van der Waals surface area contributed by atoms with E-state index in [4.69, 9.17) is 14.5 Å². The van der Waals surface area contributed by atoms with Gasteiger partial charge in [0.2, 0.25) is 5.88 Å². The minimum Gasteiger partial charge on any atom is -0.481 e. The van der Waals surface area contributed by atoms with Crippen molar-refractivity contribution in [3.05, 3.63) is 54.0 Å². The van der Waals surface area contributed by atoms with Gasteiger partial charge in [0.15, 0.2) is 0 Å². The molecule has 3 aromatic heterocycles. The number of H-pyrrole nitrogens is 1. The topological polar surface area (TPSA) is 88.2 Å². The Labute approximate surface area is 181 Å². The largest absolute Gasteiger partial charge is 0.481 e. The average molecular weight is 419 g/mol. The van der Waals surface area contributed by atoms with Crippen LogP contribution in [0.25, 0.3) is 17.2 Å². The molecule has 8 heteroatoms. The van der Waals surface area contributed by atoms with E-state index in [1.165, 1.54) is 0 Å². The van der Waals surface area contributed by atoms with Crippen molar-refractivity contribution >= 4 is 17.7 Å². The summed E-state index contributed by atoms with van der Waals surface area (Å²) >= 11 is 0. The summed E-state index contributed by atoms with van der Waals surface area (Å²) < 4.78 is 10.9. The van der Waals surface area contributed by atoms with Gasteiger partial charge < -0.3 is 19.7 Å². The first-order chi connectivity index (χ1) is 15.2. The van der Waals surface area contributed by atoms with E-state index in [-0.39, 0.29) is 12.1 Å². The van der Waals surface area contributed by atoms with E-state index in [2.05, 4.69) is 50.5 Å². The number of aromatic amines is 1. The molecule has 0 amide bonds. The highest BCUT2D eigenvalue weighted by atomic mass is 16.5. The average Bonchev–Trinajstić information content (AvgIpc) is 3.32. The summed E-state index contributed by atoms with van der Waals surface area (Å²) in [5.74, 6) is 2.45. The molecule has 8 nitrogen and oxygen atoms in total. The second-order valence-electron chi connectivity index (χ2n) is 7.84. The second-order valence-corrected chi connectivity index (χ2v) is 7.84. The third-order valence-electron chi connectivity index (χ3n) is 5.81. The van der Waals surface area contributed by atoms with E-state index >= 15 is 0 Å². The zero-order valence-electron chi connectivity index (χ0n) is 17.7. The van der Waals surface area contributed by atoms with Crippen LogP contribution in [0.4, 0.5) is 11.6 Å². The zero-order valence-corrected chi connectivity index (χ0v) is 17.7. The van der Waals surface area contributed by atoms with Crippen LogP contribution in [0.3, 0.4) is 0 Å². The fourth-order valence-corrected chi connectivity index (χ4v) is 4.20. The first-order valence-corrected chi connectivity index (χ1v) is 10.5. The zero-order chi connectivity index (χ0) is 21.2. The van der Waals surface area contributed by atoms with Crippen molar-refractivity contribution in [3.63, 3.8) is 0 Å². The first-order valence-electron chi connectivity index (χ1n) is 10.5. The number of fused-ring (bicyclic) bond motifs is 1. The van der Waals surface area contributed by atoms with Crippen molar-refractivity contribution in [1.82, 2.24) is 20.2 Å². The Morgan fingerprint density at radius 1 is 1.29 bits per heavy atom. The van der Waals surface area contributed by atoms with Gasteiger partial charge in [-0.1, -0.05) is 12.2 Å². The van der Waals surface area contributed by atoms with Gasteiger partial charge in [-0.2, -0.15) is 5.10 Å². The number of ether oxygens (including phenoxy) is 2. The number of rotatable bonds is 5. The van der Waals surface area contributed by atoms with E-state index in [1.807, 2.05) is 24.4 Å². The Kier molecular flexibility index (Phi) is 5.30. The van der Waals surface area contributed by atoms with E-state index in [0.29, 0.717) is 19.1 Å². The number of anilines is 2. The molecule has 1 saturated heterocycles. The van der Waals surface area contributed by atoms with Crippen LogP contribution in [-0.4, -0.2) is 53.1 Å². The van der Waals surface area contributed by atoms with E-state index in [1.54, 1.807) is 13.3 Å². The van der Waals surface area contributed by atoms with Crippen molar-refractivity contribution in [2.75, 3.05) is 37.1 Å². The lowest BCUT2D eigenvalue weighted by molar-refractivity contribution is 0.0985. The quantitative estimate of drug-likeness (QED) is 0.654. The molecule has 160 valence electrons. The van der Waals surface area contributed by atoms with Gasteiger partial charge in [0, 0.05) is 29.9 Å². The third kappa shape index (κ3) is 3.86. The highest BCUT2D eigenvalue weighted by molar-refractivity contribution is 5.80. The van der Waals surface area contributed by atoms with Gasteiger partial charge in [0.25, 0.3) is 0 Å². The molecule has 5 rings (SSSR count). The van der Waals surface area contributed by atoms with E-state index < -0.39 is 0 Å². The number of hydrogen-bond donors (Lipinski definition) is 2. The Morgan fingerprint density at radius 2 is 2.23 bits per heavy atom. The number of nitrogens with one attached hydrogen (secondary N) is 2. The summed E-state index contributed by atoms with van der Waals surface area (Å²) in [7, 11) is 1.63. The molecule has 2 atom stereocenters. The van der Waals surface area contributed by atoms with Crippen LogP contribution in [0.5, 0.6) is 5.88 Å². The first kappa shape index (κ1) is 19.6. The molecule has 1 aliphatic carbocycles. The maximum absolute atomic E-state index is 5.65. The van der Waals surface area contributed by atoms with Gasteiger partial charge in [0.05, 0.1) is 44.3 Å². The molecular weight excluding hydrogens is 392 g/mol. The van der Waals surface area contributed by atoms with Gasteiger partial charge in [0.1, 0.15) is 11.6 Å². The molecule has 4 heterocycles. The molecule has 0 radical (unpaired) electrons. The van der Waals surface area contributed by atoms with Crippen molar-refractivity contribution in [1.29, 1.82) is 0 Å². The van der Waals surface area contributed by atoms with Crippen LogP contribution in [0.1, 0.15) is 30.6 Å². The molecule has 0 saturated carbocycles. The smallest absolute Gasteiger partial charge is 0.212 e. The van der Waals surface area contributed by atoms with Gasteiger partial charge in [-0.05, 0) is 37.1 Å². The van der Waals surface area contributed by atoms with Crippen molar-refractivity contribution in [3.8, 4) is 17.0 Å². The van der Waals surface area contributed by atoms with Gasteiger partial charge >= 0.3 is 0 Å². The number of aromatic nitrogens is 4. The standard InChI is InChI=1S/C23H26N6O2/c1-15-14-31-11-10-29(15)21-12-18(16-6-7-22(30-2)24-13-16)17-4-3-5-19(23(17)27-21)26-20-8-9-25-28-20/h3-4,6-9,12-13,15,19H,5,10-11,14H2,1-2H3,(H2,25,26,28)/t15-,19?/m1/s1. The van der Waals surface area contributed by atoms with Crippen molar-refractivity contribution in [2.45, 2.75) is 25.4 Å². The minimum atomic E-state index is 0.0432. The highest BCUT2D eigenvalue weighted by Crippen LogP contribution is 2.38. The van der Waals surface area contributed by atoms with Crippen LogP contribution in [0, 0.1) is 0 Å². The number of hydrogen-bond acceptors (Lipinski definition) is 7.